The zero-order valence-corrected chi connectivity index (χ0v) is 14.4. The maximum Gasteiger partial charge on any atom is 0.175 e. The van der Waals surface area contributed by atoms with Crippen LogP contribution in [0.15, 0.2) is 41.3 Å². The van der Waals surface area contributed by atoms with Crippen molar-refractivity contribution in [3.8, 4) is 16.9 Å². The largest absolute Gasteiger partial charge is 0.496 e. The minimum Gasteiger partial charge on any atom is -0.496 e. The standard InChI is InChI=1S/C16H19NO3S.ClH/c1-11-8-13(9-14(10-17)16(11)20-2)12-4-6-15(7-5-12)21(3,18)19;/h4-9H,10,17H2,1-3H3;1H. The number of hydrogen-bond donors (Lipinski definition) is 1. The van der Waals surface area contributed by atoms with Gasteiger partial charge < -0.3 is 10.5 Å². The zero-order valence-electron chi connectivity index (χ0n) is 12.8. The molecule has 0 fully saturated rings. The van der Waals surface area contributed by atoms with Crippen molar-refractivity contribution in [3.63, 3.8) is 0 Å². The fraction of sp³-hybridized carbons (Fsp3) is 0.250. The Bertz CT molecular complexity index is 756. The quantitative estimate of drug-likeness (QED) is 0.928. The maximum absolute atomic E-state index is 11.5. The molecule has 2 aromatic carbocycles. The molecule has 2 rings (SSSR count). The molecule has 0 aliphatic carbocycles. The van der Waals surface area contributed by atoms with Gasteiger partial charge in [0, 0.05) is 18.4 Å². The first kappa shape index (κ1) is 18.5. The average molecular weight is 342 g/mol. The van der Waals surface area contributed by atoms with Gasteiger partial charge in [0.2, 0.25) is 0 Å². The molecule has 6 heteroatoms. The molecule has 0 spiro atoms. The lowest BCUT2D eigenvalue weighted by atomic mass is 9.99. The Hall–Kier alpha value is -1.56. The first-order chi connectivity index (χ1) is 9.86. The van der Waals surface area contributed by atoms with Crippen molar-refractivity contribution in [2.45, 2.75) is 18.4 Å². The van der Waals surface area contributed by atoms with Gasteiger partial charge in [0.1, 0.15) is 5.75 Å². The summed E-state index contributed by atoms with van der Waals surface area (Å²) < 4.78 is 28.3. The molecule has 120 valence electrons. The molecule has 0 aliphatic heterocycles. The van der Waals surface area contributed by atoms with Crippen molar-refractivity contribution >= 4 is 22.2 Å². The number of sulfone groups is 1. The highest BCUT2D eigenvalue weighted by atomic mass is 35.5. The van der Waals surface area contributed by atoms with Crippen LogP contribution in [0.5, 0.6) is 5.75 Å². The van der Waals surface area contributed by atoms with E-state index in [4.69, 9.17) is 10.5 Å². The van der Waals surface area contributed by atoms with Gasteiger partial charge in [-0.2, -0.15) is 0 Å². The first-order valence-electron chi connectivity index (χ1n) is 6.55. The van der Waals surface area contributed by atoms with Crippen molar-refractivity contribution < 1.29 is 13.2 Å². The van der Waals surface area contributed by atoms with E-state index in [1.54, 1.807) is 31.4 Å². The number of rotatable bonds is 4. The summed E-state index contributed by atoms with van der Waals surface area (Å²) >= 11 is 0. The fourth-order valence-corrected chi connectivity index (χ4v) is 2.98. The molecule has 0 aromatic heterocycles. The van der Waals surface area contributed by atoms with Gasteiger partial charge in [-0.25, -0.2) is 8.42 Å². The Morgan fingerprint density at radius 3 is 2.14 bits per heavy atom. The van der Waals surface area contributed by atoms with Crippen LogP contribution in [0.2, 0.25) is 0 Å². The number of methoxy groups -OCH3 is 1. The van der Waals surface area contributed by atoms with Crippen LogP contribution in [-0.2, 0) is 16.4 Å². The molecule has 2 aromatic rings. The topological polar surface area (TPSA) is 69.4 Å². The van der Waals surface area contributed by atoms with Gasteiger partial charge in [-0.3, -0.25) is 0 Å². The molecular weight excluding hydrogens is 322 g/mol. The molecule has 22 heavy (non-hydrogen) atoms. The van der Waals surface area contributed by atoms with Crippen LogP contribution in [0, 0.1) is 6.92 Å². The Kier molecular flexibility index (Phi) is 6.00. The van der Waals surface area contributed by atoms with E-state index < -0.39 is 9.84 Å². The van der Waals surface area contributed by atoms with E-state index in [9.17, 15) is 8.42 Å². The molecule has 4 nitrogen and oxygen atoms in total. The molecule has 0 unspecified atom stereocenters. The Balaban J connectivity index is 0.00000242. The smallest absolute Gasteiger partial charge is 0.175 e. The Morgan fingerprint density at radius 1 is 1.09 bits per heavy atom. The maximum atomic E-state index is 11.5. The average Bonchev–Trinajstić information content (AvgIpc) is 2.45. The molecular formula is C16H20ClNO3S. The van der Waals surface area contributed by atoms with Crippen molar-refractivity contribution in [3.05, 3.63) is 47.5 Å². The summed E-state index contributed by atoms with van der Waals surface area (Å²) in [6.45, 7) is 2.35. The summed E-state index contributed by atoms with van der Waals surface area (Å²) in [6.07, 6.45) is 1.20. The van der Waals surface area contributed by atoms with Crippen LogP contribution in [0.3, 0.4) is 0 Å². The van der Waals surface area contributed by atoms with E-state index in [2.05, 4.69) is 0 Å². The molecule has 0 amide bonds. The number of ether oxygens (including phenoxy) is 1. The van der Waals surface area contributed by atoms with Crippen LogP contribution in [0.25, 0.3) is 11.1 Å². The third-order valence-electron chi connectivity index (χ3n) is 3.39. The number of benzene rings is 2. The van der Waals surface area contributed by atoms with Gasteiger partial charge in [0.15, 0.2) is 9.84 Å². The highest BCUT2D eigenvalue weighted by Gasteiger charge is 2.10. The van der Waals surface area contributed by atoms with Crippen LogP contribution >= 0.6 is 12.4 Å². The summed E-state index contributed by atoms with van der Waals surface area (Å²) in [5.74, 6) is 0.800. The minimum atomic E-state index is -3.17. The van der Waals surface area contributed by atoms with Crippen LogP contribution in [0.4, 0.5) is 0 Å². The molecule has 0 heterocycles. The molecule has 0 aliphatic rings. The molecule has 0 bridgehead atoms. The highest BCUT2D eigenvalue weighted by Crippen LogP contribution is 2.30. The van der Waals surface area contributed by atoms with E-state index >= 15 is 0 Å². The van der Waals surface area contributed by atoms with Gasteiger partial charge >= 0.3 is 0 Å². The van der Waals surface area contributed by atoms with Crippen LogP contribution in [-0.4, -0.2) is 21.8 Å². The third kappa shape index (κ3) is 3.80. The summed E-state index contributed by atoms with van der Waals surface area (Å²) in [5, 5.41) is 0. The van der Waals surface area contributed by atoms with E-state index in [1.165, 1.54) is 6.26 Å². The van der Waals surface area contributed by atoms with Crippen molar-refractivity contribution in [1.29, 1.82) is 0 Å². The minimum absolute atomic E-state index is 0. The van der Waals surface area contributed by atoms with Gasteiger partial charge in [-0.05, 0) is 47.9 Å². The molecule has 0 saturated heterocycles. The Labute approximate surface area is 137 Å². The number of nitrogens with two attached hydrogens (primary N) is 1. The van der Waals surface area contributed by atoms with Gasteiger partial charge in [-0.15, -0.1) is 12.4 Å². The lowest BCUT2D eigenvalue weighted by molar-refractivity contribution is 0.407. The third-order valence-corrected chi connectivity index (χ3v) is 4.52. The van der Waals surface area contributed by atoms with Gasteiger partial charge in [0.05, 0.1) is 12.0 Å². The van der Waals surface area contributed by atoms with Crippen LogP contribution in [0.1, 0.15) is 11.1 Å². The lowest BCUT2D eigenvalue weighted by Gasteiger charge is -2.13. The van der Waals surface area contributed by atoms with Gasteiger partial charge in [-0.1, -0.05) is 12.1 Å². The summed E-state index contributed by atoms with van der Waals surface area (Å²) in [7, 11) is -1.55. The Morgan fingerprint density at radius 2 is 1.68 bits per heavy atom. The van der Waals surface area contributed by atoms with Crippen molar-refractivity contribution in [1.82, 2.24) is 0 Å². The SMILES string of the molecule is COc1c(C)cc(-c2ccc(S(C)(=O)=O)cc2)cc1CN.Cl. The predicted octanol–water partition coefficient (Wildman–Crippen LogP) is 2.95. The normalized spacial score (nSPS) is 10.9. The second-order valence-electron chi connectivity index (χ2n) is 4.99. The zero-order chi connectivity index (χ0) is 15.6. The predicted molar refractivity (Wildman–Crippen MR) is 91.4 cm³/mol. The summed E-state index contributed by atoms with van der Waals surface area (Å²) in [6, 6.07) is 10.8. The van der Waals surface area contributed by atoms with E-state index in [0.717, 1.165) is 28.0 Å². The fourth-order valence-electron chi connectivity index (χ4n) is 2.35. The highest BCUT2D eigenvalue weighted by molar-refractivity contribution is 7.90. The summed E-state index contributed by atoms with van der Waals surface area (Å²) in [5.41, 5.74) is 9.64. The first-order valence-corrected chi connectivity index (χ1v) is 8.44. The van der Waals surface area contributed by atoms with Gasteiger partial charge in [0.25, 0.3) is 0 Å². The van der Waals surface area contributed by atoms with E-state index in [1.807, 2.05) is 19.1 Å². The summed E-state index contributed by atoms with van der Waals surface area (Å²) in [4.78, 5) is 0.315. The lowest BCUT2D eigenvalue weighted by Crippen LogP contribution is -2.02. The number of hydrogen-bond acceptors (Lipinski definition) is 4. The monoisotopic (exact) mass is 341 g/mol. The van der Waals surface area contributed by atoms with E-state index in [0.29, 0.717) is 11.4 Å². The van der Waals surface area contributed by atoms with E-state index in [-0.39, 0.29) is 12.4 Å². The number of aryl methyl sites for hydroxylation is 1. The molecule has 2 N–H and O–H groups in total. The second-order valence-corrected chi connectivity index (χ2v) is 7.00. The molecule has 0 radical (unpaired) electrons. The van der Waals surface area contributed by atoms with Crippen LogP contribution < -0.4 is 10.5 Å². The van der Waals surface area contributed by atoms with Crippen molar-refractivity contribution in [2.75, 3.05) is 13.4 Å². The molecule has 0 atom stereocenters. The second kappa shape index (κ2) is 7.13. The van der Waals surface area contributed by atoms with Crippen molar-refractivity contribution in [2.24, 2.45) is 5.73 Å². The number of halogens is 1. The molecule has 0 saturated carbocycles.